The zero-order chi connectivity index (χ0) is 34.1. The predicted octanol–water partition coefficient (Wildman–Crippen LogP) is 12.1. The molecule has 44 heavy (non-hydrogen) atoms. The largest absolute Gasteiger partial charge is 0.508 e. The van der Waals surface area contributed by atoms with Crippen LogP contribution < -0.4 is 0 Å². The van der Waals surface area contributed by atoms with Gasteiger partial charge in [-0.3, -0.25) is 9.98 Å². The average molecular weight is 607 g/mol. The van der Waals surface area contributed by atoms with E-state index in [1.54, 1.807) is 12.1 Å². The van der Waals surface area contributed by atoms with Crippen molar-refractivity contribution >= 4 is 18.0 Å². The summed E-state index contributed by atoms with van der Waals surface area (Å²) in [7, 11) is 0. The summed E-state index contributed by atoms with van der Waals surface area (Å²) in [5, 5.41) is 18.4. The third kappa shape index (κ3) is 20.8. The Bertz CT molecular complexity index is 1120. The zero-order valence-electron chi connectivity index (χ0n) is 30.4. The van der Waals surface area contributed by atoms with Gasteiger partial charge in [0, 0.05) is 11.9 Å². The monoisotopic (exact) mass is 607 g/mol. The molecule has 2 N–H and O–H groups in total. The van der Waals surface area contributed by atoms with E-state index in [4.69, 9.17) is 5.11 Å². The van der Waals surface area contributed by atoms with Crippen molar-refractivity contribution < 1.29 is 10.2 Å². The average Bonchev–Trinajstić information content (AvgIpc) is 3.00. The number of aromatic hydroxyl groups is 1. The Morgan fingerprint density at radius 2 is 1.52 bits per heavy atom. The molecule has 0 saturated heterocycles. The minimum Gasteiger partial charge on any atom is -0.508 e. The van der Waals surface area contributed by atoms with E-state index in [2.05, 4.69) is 62.5 Å². The van der Waals surface area contributed by atoms with Crippen LogP contribution in [-0.4, -0.2) is 28.2 Å². The molecule has 0 aromatic heterocycles. The minimum atomic E-state index is -0.0648. The second-order valence-corrected chi connectivity index (χ2v) is 11.8. The van der Waals surface area contributed by atoms with Gasteiger partial charge in [0.15, 0.2) is 0 Å². The van der Waals surface area contributed by atoms with Crippen LogP contribution in [0.5, 0.6) is 5.75 Å². The Labute approximate surface area is 272 Å². The van der Waals surface area contributed by atoms with E-state index in [1.165, 1.54) is 43.3 Å². The molecule has 0 unspecified atom stereocenters. The molecule has 1 aliphatic carbocycles. The number of allylic oxidation sites excluding steroid dienone is 6. The maximum atomic E-state index is 9.75. The van der Waals surface area contributed by atoms with Gasteiger partial charge in [0.2, 0.25) is 0 Å². The molecule has 1 aromatic rings. The summed E-state index contributed by atoms with van der Waals surface area (Å²) < 4.78 is 0. The molecule has 0 amide bonds. The minimum absolute atomic E-state index is 0.0648. The van der Waals surface area contributed by atoms with Crippen molar-refractivity contribution in [1.82, 2.24) is 0 Å². The van der Waals surface area contributed by atoms with E-state index in [0.717, 1.165) is 59.0 Å². The lowest BCUT2D eigenvalue weighted by atomic mass is 9.91. The number of nitrogens with zero attached hydrogens (tertiary/aromatic N) is 2. The van der Waals surface area contributed by atoms with Crippen LogP contribution in [-0.2, 0) is 0 Å². The lowest BCUT2D eigenvalue weighted by Gasteiger charge is -2.15. The fourth-order valence-corrected chi connectivity index (χ4v) is 4.20. The number of phenolic OH excluding ortho intramolecular Hbond substituents is 1. The second-order valence-electron chi connectivity index (χ2n) is 11.8. The first kappa shape index (κ1) is 43.1. The van der Waals surface area contributed by atoms with Gasteiger partial charge in [-0.15, -0.1) is 0 Å². The Hall–Kier alpha value is -2.98. The Balaban J connectivity index is 0. The highest BCUT2D eigenvalue weighted by molar-refractivity contribution is 5.80. The van der Waals surface area contributed by atoms with Crippen molar-refractivity contribution in [2.24, 2.45) is 15.9 Å². The van der Waals surface area contributed by atoms with Crippen LogP contribution >= 0.6 is 0 Å². The molecule has 248 valence electrons. The number of aliphatic imine (C=N–C) groups is 2. The molecule has 1 aromatic carbocycles. The van der Waals surface area contributed by atoms with Gasteiger partial charge >= 0.3 is 0 Å². The summed E-state index contributed by atoms with van der Waals surface area (Å²) >= 11 is 0. The molecule has 4 nitrogen and oxygen atoms in total. The number of hydrogen-bond acceptors (Lipinski definition) is 4. The number of aryl methyl sites for hydroxylation is 1. The Kier molecular flexibility index (Phi) is 25.9. The SMILES string of the molecule is C/C=C(C)/C(C)=C/c1cc(C)cc(O)c1C.C=C/C=C(N=C(C)C)/C(=C/C)N=CCC.CC1CCCCC1.CCC(O)CC. The number of phenols is 1. The van der Waals surface area contributed by atoms with Crippen LogP contribution in [0.1, 0.15) is 137 Å². The fourth-order valence-electron chi connectivity index (χ4n) is 4.20. The molecule has 4 heteroatoms. The van der Waals surface area contributed by atoms with E-state index < -0.39 is 0 Å². The molecular formula is C40H66N2O2. The van der Waals surface area contributed by atoms with Crippen LogP contribution in [0, 0.1) is 19.8 Å². The summed E-state index contributed by atoms with van der Waals surface area (Å²) in [5.41, 5.74) is 8.37. The quantitative estimate of drug-likeness (QED) is 0.217. The summed E-state index contributed by atoms with van der Waals surface area (Å²) in [6, 6.07) is 3.89. The van der Waals surface area contributed by atoms with Gasteiger partial charge in [-0.25, -0.2) is 0 Å². The van der Waals surface area contributed by atoms with Crippen LogP contribution in [0.4, 0.5) is 0 Å². The van der Waals surface area contributed by atoms with Crippen molar-refractivity contribution in [3.8, 4) is 5.75 Å². The zero-order valence-corrected chi connectivity index (χ0v) is 30.4. The topological polar surface area (TPSA) is 65.2 Å². The van der Waals surface area contributed by atoms with Crippen molar-refractivity contribution in [3.05, 3.63) is 82.2 Å². The highest BCUT2D eigenvalue weighted by Crippen LogP contribution is 2.25. The standard InChI is InChI=1S/C15H20O.C13H20N2.C7H14.C5H12O/c1-6-11(3)12(4)9-14-7-10(2)8-15(16)13(14)5;1-6-9-13(15-11(4)5)12(8-3)14-10-7-2;1-7-5-3-2-4-6-7;1-3-5(6)4-2/h6-9,16H,1-5H3;6,8-10H,1,7H2,2-5H3;7H,2-6H2,1H3;5-6H,3-4H2,1-2H3/b11-6+,12-9+;12-8-,13-9-,14-10?;;. The Morgan fingerprint density at radius 3 is 1.91 bits per heavy atom. The number of benzene rings is 1. The predicted molar refractivity (Wildman–Crippen MR) is 199 cm³/mol. The van der Waals surface area contributed by atoms with Crippen LogP contribution in [0.3, 0.4) is 0 Å². The normalized spacial score (nSPS) is 14.6. The molecular weight excluding hydrogens is 540 g/mol. The summed E-state index contributed by atoms with van der Waals surface area (Å²) in [5.74, 6) is 1.41. The van der Waals surface area contributed by atoms with Crippen LogP contribution in [0.15, 0.2) is 75.5 Å². The molecule has 0 heterocycles. The Morgan fingerprint density at radius 1 is 0.932 bits per heavy atom. The van der Waals surface area contributed by atoms with Crippen molar-refractivity contribution in [1.29, 1.82) is 0 Å². The van der Waals surface area contributed by atoms with Gasteiger partial charge in [0.25, 0.3) is 0 Å². The van der Waals surface area contributed by atoms with E-state index in [-0.39, 0.29) is 6.10 Å². The van der Waals surface area contributed by atoms with Gasteiger partial charge in [0.1, 0.15) is 5.75 Å². The third-order valence-corrected chi connectivity index (χ3v) is 7.40. The maximum absolute atomic E-state index is 9.75. The van der Waals surface area contributed by atoms with Gasteiger partial charge < -0.3 is 10.2 Å². The van der Waals surface area contributed by atoms with Crippen LogP contribution in [0.2, 0.25) is 0 Å². The smallest absolute Gasteiger partial charge is 0.119 e. The molecule has 0 bridgehead atoms. The highest BCUT2D eigenvalue weighted by atomic mass is 16.3. The number of aliphatic hydroxyl groups excluding tert-OH is 1. The molecule has 0 aliphatic heterocycles. The van der Waals surface area contributed by atoms with E-state index in [0.29, 0.717) is 5.75 Å². The highest BCUT2D eigenvalue weighted by Gasteiger charge is 2.06. The maximum Gasteiger partial charge on any atom is 0.119 e. The molecule has 1 fully saturated rings. The van der Waals surface area contributed by atoms with Crippen molar-refractivity contribution in [3.63, 3.8) is 0 Å². The lowest BCUT2D eigenvalue weighted by molar-refractivity contribution is 0.166. The molecule has 0 spiro atoms. The third-order valence-electron chi connectivity index (χ3n) is 7.40. The molecule has 0 atom stereocenters. The first-order valence-electron chi connectivity index (χ1n) is 16.6. The summed E-state index contributed by atoms with van der Waals surface area (Å²) in [6.07, 6.45) is 21.7. The van der Waals surface area contributed by atoms with Crippen molar-refractivity contribution in [2.75, 3.05) is 0 Å². The number of rotatable bonds is 9. The first-order chi connectivity index (χ1) is 20.8. The van der Waals surface area contributed by atoms with Gasteiger partial charge in [-0.2, -0.15) is 0 Å². The molecule has 1 saturated carbocycles. The van der Waals surface area contributed by atoms with Gasteiger partial charge in [-0.1, -0.05) is 102 Å². The lowest BCUT2D eigenvalue weighted by Crippen LogP contribution is -1.99. The number of aliphatic hydroxyl groups is 1. The first-order valence-corrected chi connectivity index (χ1v) is 16.6. The van der Waals surface area contributed by atoms with Gasteiger partial charge in [-0.05, 0) is 115 Å². The van der Waals surface area contributed by atoms with E-state index in [1.807, 2.05) is 73.8 Å². The van der Waals surface area contributed by atoms with E-state index >= 15 is 0 Å². The molecule has 2 rings (SSSR count). The summed E-state index contributed by atoms with van der Waals surface area (Å²) in [6.45, 7) is 28.1. The van der Waals surface area contributed by atoms with E-state index in [9.17, 15) is 5.11 Å². The molecule has 1 aliphatic rings. The summed E-state index contributed by atoms with van der Waals surface area (Å²) in [4.78, 5) is 8.76. The van der Waals surface area contributed by atoms with Gasteiger partial charge in [0.05, 0.1) is 17.5 Å². The molecule has 0 radical (unpaired) electrons. The second kappa shape index (κ2) is 26.4. The number of hydrogen-bond donors (Lipinski definition) is 2. The fraction of sp³-hybridized carbons (Fsp3) is 0.550. The van der Waals surface area contributed by atoms with Crippen LogP contribution in [0.25, 0.3) is 6.08 Å². The van der Waals surface area contributed by atoms with Crippen molar-refractivity contribution in [2.45, 2.75) is 141 Å².